The third kappa shape index (κ3) is 5.42. The number of hydrogen-bond donors (Lipinski definition) is 2. The van der Waals surface area contributed by atoms with E-state index in [1.54, 1.807) is 0 Å². The molecule has 0 radical (unpaired) electrons. The molecule has 2 heterocycles. The number of morpholine rings is 1. The van der Waals surface area contributed by atoms with Crippen molar-refractivity contribution in [3.8, 4) is 0 Å². The van der Waals surface area contributed by atoms with Gasteiger partial charge in [-0.25, -0.2) is 4.79 Å². The maximum atomic E-state index is 12.3. The van der Waals surface area contributed by atoms with Gasteiger partial charge in [-0.2, -0.15) is 0 Å². The van der Waals surface area contributed by atoms with Gasteiger partial charge in [-0.15, -0.1) is 0 Å². The van der Waals surface area contributed by atoms with Crippen molar-refractivity contribution < 1.29 is 14.3 Å². The molecular weight excluding hydrogens is 318 g/mol. The Morgan fingerprint density at radius 2 is 2.00 bits per heavy atom. The van der Waals surface area contributed by atoms with Crippen LogP contribution < -0.4 is 10.6 Å². The topological polar surface area (TPSA) is 62.8 Å². The Balaban J connectivity index is 1.55. The van der Waals surface area contributed by atoms with E-state index in [-0.39, 0.29) is 24.2 Å². The van der Waals surface area contributed by atoms with Gasteiger partial charge in [0, 0.05) is 32.3 Å². The van der Waals surface area contributed by atoms with Crippen LogP contribution in [-0.4, -0.2) is 62.5 Å². The van der Waals surface area contributed by atoms with Crippen molar-refractivity contribution in [3.05, 3.63) is 35.9 Å². The summed E-state index contributed by atoms with van der Waals surface area (Å²) in [7, 11) is 0. The highest BCUT2D eigenvalue weighted by Gasteiger charge is 2.24. The average molecular weight is 347 g/mol. The maximum Gasteiger partial charge on any atom is 0.315 e. The van der Waals surface area contributed by atoms with Crippen LogP contribution in [0.3, 0.4) is 0 Å². The number of ether oxygens (including phenoxy) is 2. The number of nitrogens with one attached hydrogen (secondary N) is 2. The third-order valence-electron chi connectivity index (χ3n) is 4.95. The summed E-state index contributed by atoms with van der Waals surface area (Å²) in [5, 5.41) is 6.15. The van der Waals surface area contributed by atoms with E-state index in [0.29, 0.717) is 13.2 Å². The number of benzene rings is 1. The molecule has 3 rings (SSSR count). The molecule has 0 spiro atoms. The zero-order valence-electron chi connectivity index (χ0n) is 14.9. The van der Waals surface area contributed by atoms with Crippen LogP contribution in [0.15, 0.2) is 30.3 Å². The molecule has 3 unspecified atom stereocenters. The molecule has 1 aromatic carbocycles. The van der Waals surface area contributed by atoms with Crippen molar-refractivity contribution in [2.45, 2.75) is 38.0 Å². The minimum absolute atomic E-state index is 0.0895. The minimum atomic E-state index is -0.0895. The molecule has 1 aromatic rings. The Morgan fingerprint density at radius 3 is 2.72 bits per heavy atom. The number of rotatable bonds is 5. The van der Waals surface area contributed by atoms with Crippen LogP contribution in [0.2, 0.25) is 0 Å². The Kier molecular flexibility index (Phi) is 6.67. The molecule has 3 atom stereocenters. The lowest BCUT2D eigenvalue weighted by Crippen LogP contribution is -2.49. The van der Waals surface area contributed by atoms with Crippen LogP contribution in [0.25, 0.3) is 0 Å². The molecule has 2 fully saturated rings. The summed E-state index contributed by atoms with van der Waals surface area (Å²) >= 11 is 0. The fraction of sp³-hybridized carbons (Fsp3) is 0.632. The molecule has 2 saturated heterocycles. The Hall–Kier alpha value is -1.63. The first kappa shape index (κ1) is 18.2. The second-order valence-corrected chi connectivity index (χ2v) is 6.83. The van der Waals surface area contributed by atoms with E-state index in [1.165, 1.54) is 5.56 Å². The quantitative estimate of drug-likeness (QED) is 0.854. The molecular formula is C19H29N3O3. The number of carbonyl (C=O) groups is 1. The fourth-order valence-corrected chi connectivity index (χ4v) is 3.58. The van der Waals surface area contributed by atoms with Gasteiger partial charge in [0.25, 0.3) is 0 Å². The van der Waals surface area contributed by atoms with Gasteiger partial charge in [0.2, 0.25) is 0 Å². The second kappa shape index (κ2) is 9.17. The minimum Gasteiger partial charge on any atom is -0.379 e. The molecule has 0 saturated carbocycles. The third-order valence-corrected chi connectivity index (χ3v) is 4.95. The summed E-state index contributed by atoms with van der Waals surface area (Å²) in [6.07, 6.45) is 1.96. The van der Waals surface area contributed by atoms with Gasteiger partial charge in [0.1, 0.15) is 0 Å². The molecule has 25 heavy (non-hydrogen) atoms. The molecule has 6 heteroatoms. The van der Waals surface area contributed by atoms with Crippen LogP contribution >= 0.6 is 0 Å². The van der Waals surface area contributed by atoms with Gasteiger partial charge in [0.15, 0.2) is 0 Å². The highest BCUT2D eigenvalue weighted by atomic mass is 16.5. The standard InChI is InChI=1S/C19H29N3O3/c1-15-13-17(7-10-25-15)21-19(23)20-14-18(16-5-3-2-4-6-16)22-8-11-24-12-9-22/h2-6,15,17-18H,7-14H2,1H3,(H2,20,21,23). The predicted molar refractivity (Wildman–Crippen MR) is 96.5 cm³/mol. The van der Waals surface area contributed by atoms with Gasteiger partial charge >= 0.3 is 6.03 Å². The molecule has 0 aliphatic carbocycles. The Labute approximate surface area is 149 Å². The van der Waals surface area contributed by atoms with E-state index in [1.807, 2.05) is 18.2 Å². The number of urea groups is 1. The number of carbonyl (C=O) groups excluding carboxylic acids is 1. The average Bonchev–Trinajstić information content (AvgIpc) is 2.64. The zero-order chi connectivity index (χ0) is 17.5. The zero-order valence-corrected chi connectivity index (χ0v) is 14.9. The lowest BCUT2D eigenvalue weighted by Gasteiger charge is -2.35. The molecule has 6 nitrogen and oxygen atoms in total. The number of hydrogen-bond acceptors (Lipinski definition) is 4. The van der Waals surface area contributed by atoms with Gasteiger partial charge in [0.05, 0.1) is 25.4 Å². The monoisotopic (exact) mass is 347 g/mol. The highest BCUT2D eigenvalue weighted by Crippen LogP contribution is 2.21. The molecule has 2 aliphatic heterocycles. The van der Waals surface area contributed by atoms with E-state index in [0.717, 1.165) is 39.1 Å². The molecule has 0 aromatic heterocycles. The van der Waals surface area contributed by atoms with Gasteiger partial charge in [-0.3, -0.25) is 4.90 Å². The molecule has 2 aliphatic rings. The summed E-state index contributed by atoms with van der Waals surface area (Å²) < 4.78 is 11.0. The van der Waals surface area contributed by atoms with Crippen LogP contribution in [-0.2, 0) is 9.47 Å². The Morgan fingerprint density at radius 1 is 1.24 bits per heavy atom. The molecule has 0 bridgehead atoms. The van der Waals surface area contributed by atoms with Gasteiger partial charge in [-0.05, 0) is 25.3 Å². The van der Waals surface area contributed by atoms with Crippen molar-refractivity contribution in [1.82, 2.24) is 15.5 Å². The van der Waals surface area contributed by atoms with E-state index in [2.05, 4.69) is 34.6 Å². The first-order valence-electron chi connectivity index (χ1n) is 9.25. The highest BCUT2D eigenvalue weighted by molar-refractivity contribution is 5.74. The van der Waals surface area contributed by atoms with Crippen molar-refractivity contribution >= 4 is 6.03 Å². The van der Waals surface area contributed by atoms with Crippen molar-refractivity contribution in [1.29, 1.82) is 0 Å². The van der Waals surface area contributed by atoms with Crippen molar-refractivity contribution in [2.24, 2.45) is 0 Å². The van der Waals surface area contributed by atoms with E-state index in [9.17, 15) is 4.79 Å². The fourth-order valence-electron chi connectivity index (χ4n) is 3.58. The van der Waals surface area contributed by atoms with Crippen molar-refractivity contribution in [2.75, 3.05) is 39.5 Å². The Bertz CT molecular complexity index is 534. The van der Waals surface area contributed by atoms with Crippen LogP contribution in [0, 0.1) is 0 Å². The van der Waals surface area contributed by atoms with E-state index in [4.69, 9.17) is 9.47 Å². The van der Waals surface area contributed by atoms with E-state index < -0.39 is 0 Å². The number of amides is 2. The maximum absolute atomic E-state index is 12.3. The largest absolute Gasteiger partial charge is 0.379 e. The van der Waals surface area contributed by atoms with Crippen LogP contribution in [0.5, 0.6) is 0 Å². The summed E-state index contributed by atoms with van der Waals surface area (Å²) in [6, 6.07) is 10.6. The molecule has 138 valence electrons. The molecule has 2 amide bonds. The second-order valence-electron chi connectivity index (χ2n) is 6.83. The summed E-state index contributed by atoms with van der Waals surface area (Å²) in [5.74, 6) is 0. The first-order chi connectivity index (χ1) is 12.2. The first-order valence-corrected chi connectivity index (χ1v) is 9.25. The lowest BCUT2D eigenvalue weighted by molar-refractivity contribution is 0.0141. The van der Waals surface area contributed by atoms with Gasteiger partial charge < -0.3 is 20.1 Å². The summed E-state index contributed by atoms with van der Waals surface area (Å²) in [6.45, 7) is 6.63. The molecule has 2 N–H and O–H groups in total. The van der Waals surface area contributed by atoms with Gasteiger partial charge in [-0.1, -0.05) is 30.3 Å². The van der Waals surface area contributed by atoms with E-state index >= 15 is 0 Å². The normalized spacial score (nSPS) is 26.0. The van der Waals surface area contributed by atoms with Crippen LogP contribution in [0.1, 0.15) is 31.4 Å². The smallest absolute Gasteiger partial charge is 0.315 e. The SMILES string of the molecule is CC1CC(NC(=O)NCC(c2ccccc2)N2CCOCC2)CCO1. The summed E-state index contributed by atoms with van der Waals surface area (Å²) in [4.78, 5) is 14.7. The van der Waals surface area contributed by atoms with Crippen molar-refractivity contribution in [3.63, 3.8) is 0 Å². The summed E-state index contributed by atoms with van der Waals surface area (Å²) in [5.41, 5.74) is 1.23. The number of nitrogens with zero attached hydrogens (tertiary/aromatic N) is 1. The van der Waals surface area contributed by atoms with Crippen LogP contribution in [0.4, 0.5) is 4.79 Å². The predicted octanol–water partition coefficient (Wildman–Crippen LogP) is 1.93. The lowest BCUT2D eigenvalue weighted by atomic mass is 10.0.